The summed E-state index contributed by atoms with van der Waals surface area (Å²) in [6.07, 6.45) is -0.357. The van der Waals surface area contributed by atoms with E-state index in [-0.39, 0.29) is 29.8 Å². The number of rotatable bonds is 3. The van der Waals surface area contributed by atoms with Gasteiger partial charge >= 0.3 is 5.97 Å². The van der Waals surface area contributed by atoms with Crippen molar-refractivity contribution in [1.29, 1.82) is 0 Å². The van der Waals surface area contributed by atoms with E-state index in [4.69, 9.17) is 18.6 Å². The first kappa shape index (κ1) is 18.9. The van der Waals surface area contributed by atoms with Gasteiger partial charge in [-0.05, 0) is 32.0 Å². The van der Waals surface area contributed by atoms with Crippen LogP contribution in [-0.2, 0) is 23.4 Å². The number of esters is 1. The second kappa shape index (κ2) is 6.44. The number of fused-ring (bicyclic) bond motifs is 6. The zero-order valence-electron chi connectivity index (χ0n) is 15.4. The van der Waals surface area contributed by atoms with Crippen LogP contribution in [0.25, 0.3) is 0 Å². The van der Waals surface area contributed by atoms with Gasteiger partial charge in [0.05, 0.1) is 25.9 Å². The molecule has 0 saturated carbocycles. The lowest BCUT2D eigenvalue weighted by Gasteiger charge is -2.40. The van der Waals surface area contributed by atoms with Gasteiger partial charge < -0.3 is 18.6 Å². The van der Waals surface area contributed by atoms with Crippen molar-refractivity contribution in [3.05, 3.63) is 0 Å². The molecule has 0 spiro atoms. The summed E-state index contributed by atoms with van der Waals surface area (Å²) in [6, 6.07) is -0.551. The summed E-state index contributed by atoms with van der Waals surface area (Å²) >= 11 is 0. The summed E-state index contributed by atoms with van der Waals surface area (Å²) < 4.78 is 23.3. The second-order valence-electron chi connectivity index (χ2n) is 8.39. The Morgan fingerprint density at radius 1 is 1.26 bits per heavy atom. The molecule has 0 aromatic rings. The number of carbonyl (C=O) groups is 1. The Morgan fingerprint density at radius 2 is 1.87 bits per heavy atom. The lowest BCUT2D eigenvalue weighted by Crippen LogP contribution is -2.61. The molecule has 7 heteroatoms. The predicted octanol–water partition coefficient (Wildman–Crippen LogP) is 2.04. The van der Waals surface area contributed by atoms with Gasteiger partial charge in [0, 0.05) is 0 Å². The zero-order chi connectivity index (χ0) is 17.5. The minimum Gasteiger partial charge on any atom is -0.457 e. The van der Waals surface area contributed by atoms with Crippen LogP contribution in [0, 0.1) is 0 Å². The Labute approximate surface area is 140 Å². The molecule has 0 aromatic heterocycles. The first-order chi connectivity index (χ1) is 10.4. The van der Waals surface area contributed by atoms with Gasteiger partial charge in [0.25, 0.3) is 0 Å². The van der Waals surface area contributed by atoms with Crippen LogP contribution in [0.15, 0.2) is 0 Å². The van der Waals surface area contributed by atoms with Gasteiger partial charge in [0.2, 0.25) is 0 Å². The van der Waals surface area contributed by atoms with E-state index in [1.165, 1.54) is 0 Å². The van der Waals surface area contributed by atoms with Crippen LogP contribution in [-0.4, -0.2) is 58.1 Å². The Kier molecular flexibility index (Phi) is 5.28. The minimum absolute atomic E-state index is 0.0793. The van der Waals surface area contributed by atoms with Crippen LogP contribution < -0.4 is 5.32 Å². The number of hydrogen-bond donors (Lipinski definition) is 1. The SMILES string of the molecule is CC1(C)OCC2NC(CO[Si](C)(C)C(C)(C)C)C(CO1)OC2=O. The molecule has 2 bridgehead atoms. The minimum atomic E-state index is -1.86. The molecule has 3 saturated heterocycles. The highest BCUT2D eigenvalue weighted by molar-refractivity contribution is 6.74. The molecule has 6 nitrogen and oxygen atoms in total. The molecule has 134 valence electrons. The summed E-state index contributed by atoms with van der Waals surface area (Å²) in [4.78, 5) is 12.0. The van der Waals surface area contributed by atoms with Gasteiger partial charge in [-0.3, -0.25) is 10.1 Å². The van der Waals surface area contributed by atoms with E-state index in [9.17, 15) is 4.79 Å². The molecule has 3 atom stereocenters. The molecule has 0 aliphatic carbocycles. The molecule has 3 rings (SSSR count). The van der Waals surface area contributed by atoms with Gasteiger partial charge in [-0.25, -0.2) is 0 Å². The van der Waals surface area contributed by atoms with Crippen molar-refractivity contribution >= 4 is 14.3 Å². The molecule has 3 fully saturated rings. The zero-order valence-corrected chi connectivity index (χ0v) is 16.4. The largest absolute Gasteiger partial charge is 0.457 e. The van der Waals surface area contributed by atoms with Crippen LogP contribution in [0.5, 0.6) is 0 Å². The summed E-state index contributed by atoms with van der Waals surface area (Å²) in [6.45, 7) is 15.8. The molecule has 1 N–H and O–H groups in total. The number of ether oxygens (including phenoxy) is 3. The molecule has 23 heavy (non-hydrogen) atoms. The summed E-state index contributed by atoms with van der Waals surface area (Å²) in [5, 5.41) is 3.47. The fourth-order valence-electron chi connectivity index (χ4n) is 2.29. The third kappa shape index (κ3) is 4.54. The van der Waals surface area contributed by atoms with Crippen molar-refractivity contribution in [2.75, 3.05) is 19.8 Å². The third-order valence-electron chi connectivity index (χ3n) is 5.04. The number of hydrogen-bond acceptors (Lipinski definition) is 6. The number of nitrogens with one attached hydrogen (secondary N) is 1. The monoisotopic (exact) mass is 345 g/mol. The fraction of sp³-hybridized carbons (Fsp3) is 0.938. The average Bonchev–Trinajstić information content (AvgIpc) is 2.49. The molecule has 3 unspecified atom stereocenters. The maximum atomic E-state index is 12.0. The van der Waals surface area contributed by atoms with Crippen LogP contribution in [0.2, 0.25) is 18.1 Å². The van der Waals surface area contributed by atoms with Crippen molar-refractivity contribution in [3.63, 3.8) is 0 Å². The predicted molar refractivity (Wildman–Crippen MR) is 89.7 cm³/mol. The van der Waals surface area contributed by atoms with E-state index < -0.39 is 20.1 Å². The van der Waals surface area contributed by atoms with E-state index in [1.807, 2.05) is 13.8 Å². The molecule has 0 radical (unpaired) electrons. The van der Waals surface area contributed by atoms with Crippen LogP contribution in [0.3, 0.4) is 0 Å². The highest BCUT2D eigenvalue weighted by atomic mass is 28.4. The lowest BCUT2D eigenvalue weighted by molar-refractivity contribution is -0.217. The molecule has 3 heterocycles. The highest BCUT2D eigenvalue weighted by Gasteiger charge is 2.43. The molecule has 3 aliphatic rings. The van der Waals surface area contributed by atoms with Crippen molar-refractivity contribution in [1.82, 2.24) is 5.32 Å². The van der Waals surface area contributed by atoms with Crippen molar-refractivity contribution < 1.29 is 23.4 Å². The fourth-order valence-corrected chi connectivity index (χ4v) is 3.32. The second-order valence-corrected chi connectivity index (χ2v) is 13.2. The van der Waals surface area contributed by atoms with Gasteiger partial charge in [0.1, 0.15) is 12.1 Å². The van der Waals surface area contributed by atoms with Crippen LogP contribution >= 0.6 is 0 Å². The molecule has 0 amide bonds. The van der Waals surface area contributed by atoms with E-state index in [2.05, 4.69) is 39.2 Å². The Bertz CT molecular complexity index is 446. The molecular formula is C16H31NO5Si. The molecule has 0 aromatic carbocycles. The van der Waals surface area contributed by atoms with Crippen LogP contribution in [0.1, 0.15) is 34.6 Å². The van der Waals surface area contributed by atoms with Crippen molar-refractivity contribution in [2.45, 2.75) is 76.7 Å². The van der Waals surface area contributed by atoms with Crippen LogP contribution in [0.4, 0.5) is 0 Å². The van der Waals surface area contributed by atoms with Gasteiger partial charge in [-0.1, -0.05) is 20.8 Å². The normalized spacial score (nSPS) is 32.0. The number of carbonyl (C=O) groups excluding carboxylic acids is 1. The van der Waals surface area contributed by atoms with Crippen molar-refractivity contribution in [2.24, 2.45) is 0 Å². The Balaban J connectivity index is 2.07. The summed E-state index contributed by atoms with van der Waals surface area (Å²) in [7, 11) is -1.86. The molecule has 3 aliphatic heterocycles. The van der Waals surface area contributed by atoms with E-state index in [1.54, 1.807) is 0 Å². The van der Waals surface area contributed by atoms with E-state index >= 15 is 0 Å². The maximum absolute atomic E-state index is 12.0. The topological polar surface area (TPSA) is 66.0 Å². The van der Waals surface area contributed by atoms with Gasteiger partial charge in [-0.2, -0.15) is 0 Å². The standard InChI is InChI=1S/C16H31NO5Si/c1-15(2,3)23(6,7)21-9-11-13-10-20-16(4,5)19-8-12(17-11)14(18)22-13/h11-13,17H,8-10H2,1-7H3. The van der Waals surface area contributed by atoms with Gasteiger partial charge in [-0.15, -0.1) is 0 Å². The summed E-state index contributed by atoms with van der Waals surface area (Å²) in [5.41, 5.74) is 0. The first-order valence-electron chi connectivity index (χ1n) is 8.30. The average molecular weight is 346 g/mol. The third-order valence-corrected chi connectivity index (χ3v) is 9.54. The summed E-state index contributed by atoms with van der Waals surface area (Å²) in [5.74, 6) is -0.999. The van der Waals surface area contributed by atoms with E-state index in [0.717, 1.165) is 0 Å². The Hall–Kier alpha value is -0.473. The number of morpholine rings is 1. The smallest absolute Gasteiger partial charge is 0.325 e. The highest BCUT2D eigenvalue weighted by Crippen LogP contribution is 2.36. The van der Waals surface area contributed by atoms with Gasteiger partial charge in [0.15, 0.2) is 14.1 Å². The lowest BCUT2D eigenvalue weighted by atomic mass is 10.1. The maximum Gasteiger partial charge on any atom is 0.325 e. The quantitative estimate of drug-likeness (QED) is 0.624. The molecular weight excluding hydrogens is 314 g/mol. The Morgan fingerprint density at radius 3 is 2.48 bits per heavy atom. The first-order valence-corrected chi connectivity index (χ1v) is 11.2. The van der Waals surface area contributed by atoms with E-state index in [0.29, 0.717) is 13.2 Å². The van der Waals surface area contributed by atoms with Crippen molar-refractivity contribution in [3.8, 4) is 0 Å².